The highest BCUT2D eigenvalue weighted by Gasteiger charge is 2.52. The molecule has 3 saturated heterocycles. The van der Waals surface area contributed by atoms with Gasteiger partial charge in [-0.05, 0) is 32.1 Å². The molecule has 8 nitrogen and oxygen atoms in total. The molecule has 0 spiro atoms. The standard InChI is InChI=1S/C16H29N4O4S/c1-25(23,24)19-9-7-18(8-10-19)11-14(21)12-20-13-3-2-5-16(20,6-4-13)15(17)22/h2,13-14,21H,3-12H2,1H3,(H2,17,22)/t13-,14-,16+/m1/s1. The Morgan fingerprint density at radius 1 is 1.32 bits per heavy atom. The Labute approximate surface area is 150 Å². The summed E-state index contributed by atoms with van der Waals surface area (Å²) in [5.74, 6) is -0.292. The second-order valence-corrected chi connectivity index (χ2v) is 9.57. The summed E-state index contributed by atoms with van der Waals surface area (Å²) in [4.78, 5) is 16.3. The molecule has 25 heavy (non-hydrogen) atoms. The highest BCUT2D eigenvalue weighted by molar-refractivity contribution is 7.88. The maximum Gasteiger partial charge on any atom is 0.237 e. The minimum atomic E-state index is -3.14. The van der Waals surface area contributed by atoms with Crippen molar-refractivity contribution in [2.45, 2.75) is 43.4 Å². The maximum absolute atomic E-state index is 12.1. The number of piperazine rings is 1. The van der Waals surface area contributed by atoms with Gasteiger partial charge in [0.1, 0.15) is 5.54 Å². The number of fused-ring (bicyclic) bond motifs is 2. The molecule has 143 valence electrons. The highest BCUT2D eigenvalue weighted by Crippen LogP contribution is 2.43. The van der Waals surface area contributed by atoms with E-state index in [1.165, 1.54) is 10.6 Å². The van der Waals surface area contributed by atoms with Crippen molar-refractivity contribution in [3.63, 3.8) is 0 Å². The fraction of sp³-hybridized carbons (Fsp3) is 0.875. The third-order valence-electron chi connectivity index (χ3n) is 5.94. The van der Waals surface area contributed by atoms with Crippen molar-refractivity contribution in [1.29, 1.82) is 0 Å². The average Bonchev–Trinajstić information content (AvgIpc) is 2.74. The number of primary amides is 1. The number of hydrogen-bond donors (Lipinski definition) is 2. The number of nitrogens with two attached hydrogens (primary N) is 1. The van der Waals surface area contributed by atoms with Gasteiger partial charge in [-0.25, -0.2) is 8.42 Å². The number of carbonyl (C=O) groups is 1. The summed E-state index contributed by atoms with van der Waals surface area (Å²) < 4.78 is 24.6. The van der Waals surface area contributed by atoms with E-state index in [0.29, 0.717) is 45.7 Å². The lowest BCUT2D eigenvalue weighted by atomic mass is 9.87. The maximum atomic E-state index is 12.1. The zero-order chi connectivity index (χ0) is 18.2. The summed E-state index contributed by atoms with van der Waals surface area (Å²) in [6.45, 7) is 3.06. The average molecular weight is 373 g/mol. The molecule has 0 aliphatic carbocycles. The number of rotatable bonds is 6. The summed E-state index contributed by atoms with van der Waals surface area (Å²) in [6.07, 6.45) is 6.11. The number of hydrogen-bond acceptors (Lipinski definition) is 6. The Morgan fingerprint density at radius 3 is 2.60 bits per heavy atom. The largest absolute Gasteiger partial charge is 0.390 e. The minimum absolute atomic E-state index is 0.290. The predicted octanol–water partition coefficient (Wildman–Crippen LogP) is -1.39. The molecule has 3 aliphatic heterocycles. The van der Waals surface area contributed by atoms with Crippen molar-refractivity contribution < 1.29 is 18.3 Å². The second kappa shape index (κ2) is 7.11. The summed E-state index contributed by atoms with van der Waals surface area (Å²) in [6, 6.07) is 0.290. The quantitative estimate of drug-likeness (QED) is 0.594. The molecular formula is C16H29N4O4S. The van der Waals surface area contributed by atoms with E-state index in [4.69, 9.17) is 5.73 Å². The van der Waals surface area contributed by atoms with Gasteiger partial charge in [0.15, 0.2) is 0 Å². The predicted molar refractivity (Wildman–Crippen MR) is 94.1 cm³/mol. The number of aliphatic hydroxyl groups excluding tert-OH is 1. The van der Waals surface area contributed by atoms with Crippen LogP contribution in [0, 0.1) is 6.42 Å². The van der Waals surface area contributed by atoms with Gasteiger partial charge in [0.25, 0.3) is 0 Å². The van der Waals surface area contributed by atoms with Gasteiger partial charge in [-0.1, -0.05) is 0 Å². The van der Waals surface area contributed by atoms with Crippen LogP contribution in [0.5, 0.6) is 0 Å². The van der Waals surface area contributed by atoms with Crippen molar-refractivity contribution >= 4 is 15.9 Å². The minimum Gasteiger partial charge on any atom is -0.390 e. The third kappa shape index (κ3) is 3.85. The summed E-state index contributed by atoms with van der Waals surface area (Å²) >= 11 is 0. The first kappa shape index (κ1) is 19.0. The SMILES string of the molecule is CS(=O)(=O)N1CCN(C[C@@H](O)CN2[C@@H]3C[CH]C[C@@]2(C(N)=O)CC3)CC1. The summed E-state index contributed by atoms with van der Waals surface area (Å²) in [7, 11) is -3.14. The zero-order valence-corrected chi connectivity index (χ0v) is 15.6. The van der Waals surface area contributed by atoms with E-state index in [1.807, 2.05) is 0 Å². The van der Waals surface area contributed by atoms with Crippen LogP contribution in [-0.4, -0.2) is 96.7 Å². The second-order valence-electron chi connectivity index (χ2n) is 7.59. The molecule has 3 N–H and O–H groups in total. The number of piperidine rings is 1. The molecule has 0 unspecified atom stereocenters. The van der Waals surface area contributed by atoms with Crippen LogP contribution in [0.25, 0.3) is 0 Å². The van der Waals surface area contributed by atoms with E-state index < -0.39 is 21.7 Å². The van der Waals surface area contributed by atoms with E-state index >= 15 is 0 Å². The number of sulfonamides is 1. The fourth-order valence-corrected chi connectivity index (χ4v) is 5.38. The van der Waals surface area contributed by atoms with Crippen LogP contribution < -0.4 is 5.73 Å². The lowest BCUT2D eigenvalue weighted by Crippen LogP contribution is -2.60. The molecule has 1 amide bonds. The van der Waals surface area contributed by atoms with Gasteiger partial charge in [0, 0.05) is 45.3 Å². The number of amides is 1. The van der Waals surface area contributed by atoms with Crippen LogP contribution in [0.15, 0.2) is 0 Å². The number of nitrogens with zero attached hydrogens (tertiary/aromatic N) is 3. The first-order valence-electron chi connectivity index (χ1n) is 8.96. The van der Waals surface area contributed by atoms with Crippen LogP contribution in [0.2, 0.25) is 0 Å². The van der Waals surface area contributed by atoms with E-state index in [1.54, 1.807) is 0 Å². The lowest BCUT2D eigenvalue weighted by molar-refractivity contribution is -0.131. The Hall–Kier alpha value is -0.740. The van der Waals surface area contributed by atoms with E-state index in [-0.39, 0.29) is 11.9 Å². The summed E-state index contributed by atoms with van der Waals surface area (Å²) in [5.41, 5.74) is 5.06. The molecule has 0 aromatic rings. The first-order chi connectivity index (χ1) is 11.7. The van der Waals surface area contributed by atoms with Crippen LogP contribution in [0.1, 0.15) is 25.7 Å². The number of β-amino-alcohol motifs (C(OH)–C–C–N with tert-alkyl or cyclic N) is 1. The Morgan fingerprint density at radius 2 is 2.00 bits per heavy atom. The Balaban J connectivity index is 1.55. The van der Waals surface area contributed by atoms with Crippen molar-refractivity contribution in [3.05, 3.63) is 6.42 Å². The molecule has 3 fully saturated rings. The number of aliphatic hydroxyl groups is 1. The van der Waals surface area contributed by atoms with Crippen molar-refractivity contribution in [2.24, 2.45) is 5.73 Å². The molecule has 3 aliphatic rings. The molecule has 1 radical (unpaired) electrons. The molecule has 0 aromatic heterocycles. The topological polar surface area (TPSA) is 107 Å². The molecule has 2 bridgehead atoms. The van der Waals surface area contributed by atoms with Crippen LogP contribution in [0.4, 0.5) is 0 Å². The van der Waals surface area contributed by atoms with Gasteiger partial charge in [-0.3, -0.25) is 14.6 Å². The van der Waals surface area contributed by atoms with E-state index in [2.05, 4.69) is 16.2 Å². The number of carbonyl (C=O) groups excluding carboxylic acids is 1. The van der Waals surface area contributed by atoms with Crippen LogP contribution in [0.3, 0.4) is 0 Å². The Bertz CT molecular complexity index is 601. The molecule has 0 saturated carbocycles. The third-order valence-corrected chi connectivity index (χ3v) is 7.24. The first-order valence-corrected chi connectivity index (χ1v) is 10.8. The molecule has 9 heteroatoms. The Kier molecular flexibility index (Phi) is 5.41. The van der Waals surface area contributed by atoms with Gasteiger partial charge in [-0.2, -0.15) is 4.31 Å². The van der Waals surface area contributed by atoms with Crippen molar-refractivity contribution in [1.82, 2.24) is 14.1 Å². The zero-order valence-electron chi connectivity index (χ0n) is 14.8. The molecule has 3 atom stereocenters. The van der Waals surface area contributed by atoms with Gasteiger partial charge in [-0.15, -0.1) is 0 Å². The van der Waals surface area contributed by atoms with Crippen molar-refractivity contribution in [3.8, 4) is 0 Å². The molecule has 3 rings (SSSR count). The highest BCUT2D eigenvalue weighted by atomic mass is 32.2. The molecule has 0 aromatic carbocycles. The van der Waals surface area contributed by atoms with Crippen LogP contribution >= 0.6 is 0 Å². The fourth-order valence-electron chi connectivity index (χ4n) is 4.55. The van der Waals surface area contributed by atoms with Gasteiger partial charge in [0.05, 0.1) is 12.4 Å². The van der Waals surface area contributed by atoms with E-state index in [0.717, 1.165) is 19.3 Å². The van der Waals surface area contributed by atoms with E-state index in [9.17, 15) is 18.3 Å². The van der Waals surface area contributed by atoms with Crippen molar-refractivity contribution in [2.75, 3.05) is 45.5 Å². The van der Waals surface area contributed by atoms with Crippen LogP contribution in [-0.2, 0) is 14.8 Å². The monoisotopic (exact) mass is 373 g/mol. The van der Waals surface area contributed by atoms with Gasteiger partial charge in [0.2, 0.25) is 15.9 Å². The smallest absolute Gasteiger partial charge is 0.237 e. The molecule has 3 heterocycles. The normalized spacial score (nSPS) is 33.4. The summed E-state index contributed by atoms with van der Waals surface area (Å²) in [5, 5.41) is 10.6. The molecular weight excluding hydrogens is 344 g/mol. The van der Waals surface area contributed by atoms with Gasteiger partial charge < -0.3 is 10.8 Å². The van der Waals surface area contributed by atoms with Gasteiger partial charge >= 0.3 is 0 Å². The lowest BCUT2D eigenvalue weighted by Gasteiger charge is -2.44.